The second-order valence-corrected chi connectivity index (χ2v) is 5.28. The number of nitrogens with zero attached hydrogens (tertiary/aromatic N) is 1. The summed E-state index contributed by atoms with van der Waals surface area (Å²) in [6.45, 7) is 8.62. The molecule has 2 aliphatic rings. The smallest absolute Gasteiger partial charge is 0.0195 e. The van der Waals surface area contributed by atoms with Crippen molar-refractivity contribution in [3.63, 3.8) is 0 Å². The lowest BCUT2D eigenvalue weighted by atomic mass is 9.94. The van der Waals surface area contributed by atoms with Gasteiger partial charge < -0.3 is 5.32 Å². The summed E-state index contributed by atoms with van der Waals surface area (Å²) in [5.74, 6) is 0.910. The average molecular weight is 196 g/mol. The van der Waals surface area contributed by atoms with Crippen molar-refractivity contribution in [2.24, 2.45) is 5.92 Å². The molecule has 0 aromatic heterocycles. The Kier molecular flexibility index (Phi) is 3.45. The van der Waals surface area contributed by atoms with Gasteiger partial charge in [0.15, 0.2) is 0 Å². The molecule has 2 nitrogen and oxygen atoms in total. The lowest BCUT2D eigenvalue weighted by Crippen LogP contribution is -2.46. The topological polar surface area (TPSA) is 15.3 Å². The van der Waals surface area contributed by atoms with E-state index in [9.17, 15) is 0 Å². The Labute approximate surface area is 88.1 Å². The molecule has 2 unspecified atom stereocenters. The maximum Gasteiger partial charge on any atom is 0.0195 e. The minimum Gasteiger partial charge on any atom is -0.313 e. The molecule has 0 spiro atoms. The van der Waals surface area contributed by atoms with E-state index in [1.165, 1.54) is 45.3 Å². The number of rotatable bonds is 2. The van der Waals surface area contributed by atoms with Crippen molar-refractivity contribution < 1.29 is 0 Å². The molecule has 2 aliphatic heterocycles. The summed E-state index contributed by atoms with van der Waals surface area (Å²) >= 11 is 0. The predicted octanol–water partition coefficient (Wildman–Crippen LogP) is 1.86. The van der Waals surface area contributed by atoms with Crippen molar-refractivity contribution in [1.29, 1.82) is 0 Å². The number of likely N-dealkylation sites (tertiary alicyclic amines) is 1. The summed E-state index contributed by atoms with van der Waals surface area (Å²) in [7, 11) is 0. The third-order valence-corrected chi connectivity index (χ3v) is 3.86. The molecule has 0 saturated carbocycles. The standard InChI is InChI=1S/C12H24N2/c1-10-5-6-11(2)14(8-10)9-12-4-3-7-13-12/h10-13H,3-9H2,1-2H3/t10?,11?,12-/m1/s1. The van der Waals surface area contributed by atoms with Gasteiger partial charge in [-0.3, -0.25) is 4.90 Å². The van der Waals surface area contributed by atoms with E-state index in [1.807, 2.05) is 0 Å². The molecule has 0 amide bonds. The molecule has 0 radical (unpaired) electrons. The van der Waals surface area contributed by atoms with E-state index in [2.05, 4.69) is 24.1 Å². The Hall–Kier alpha value is -0.0800. The highest BCUT2D eigenvalue weighted by Crippen LogP contribution is 2.22. The van der Waals surface area contributed by atoms with Crippen LogP contribution in [-0.2, 0) is 0 Å². The van der Waals surface area contributed by atoms with Gasteiger partial charge >= 0.3 is 0 Å². The second-order valence-electron chi connectivity index (χ2n) is 5.28. The molecule has 2 heteroatoms. The van der Waals surface area contributed by atoms with Gasteiger partial charge in [-0.05, 0) is 45.1 Å². The number of hydrogen-bond donors (Lipinski definition) is 1. The van der Waals surface area contributed by atoms with Gasteiger partial charge in [0.05, 0.1) is 0 Å². The van der Waals surface area contributed by atoms with Gasteiger partial charge in [-0.25, -0.2) is 0 Å². The maximum atomic E-state index is 3.60. The molecule has 0 bridgehead atoms. The minimum absolute atomic E-state index is 0.780. The molecule has 0 aliphatic carbocycles. The van der Waals surface area contributed by atoms with Gasteiger partial charge in [0.25, 0.3) is 0 Å². The van der Waals surface area contributed by atoms with E-state index in [1.54, 1.807) is 0 Å². The number of piperidine rings is 1. The first-order chi connectivity index (χ1) is 6.75. The molecule has 3 atom stereocenters. The van der Waals surface area contributed by atoms with E-state index in [-0.39, 0.29) is 0 Å². The van der Waals surface area contributed by atoms with Crippen LogP contribution in [0.2, 0.25) is 0 Å². The summed E-state index contributed by atoms with van der Waals surface area (Å²) < 4.78 is 0. The maximum absolute atomic E-state index is 3.60. The highest BCUT2D eigenvalue weighted by molar-refractivity contribution is 4.83. The third-order valence-electron chi connectivity index (χ3n) is 3.86. The molecular formula is C12H24N2. The molecule has 82 valence electrons. The molecule has 0 aromatic carbocycles. The predicted molar refractivity (Wildman–Crippen MR) is 60.5 cm³/mol. The van der Waals surface area contributed by atoms with Crippen LogP contribution in [0.1, 0.15) is 39.5 Å². The van der Waals surface area contributed by atoms with Crippen LogP contribution < -0.4 is 5.32 Å². The van der Waals surface area contributed by atoms with Crippen LogP contribution in [0.25, 0.3) is 0 Å². The Balaban J connectivity index is 1.82. The van der Waals surface area contributed by atoms with Crippen LogP contribution >= 0.6 is 0 Å². The van der Waals surface area contributed by atoms with Crippen molar-refractivity contribution in [2.75, 3.05) is 19.6 Å². The Morgan fingerprint density at radius 3 is 2.79 bits per heavy atom. The number of nitrogens with one attached hydrogen (secondary N) is 1. The Morgan fingerprint density at radius 1 is 1.21 bits per heavy atom. The lowest BCUT2D eigenvalue weighted by molar-refractivity contribution is 0.115. The molecule has 14 heavy (non-hydrogen) atoms. The van der Waals surface area contributed by atoms with Gasteiger partial charge in [-0.15, -0.1) is 0 Å². The lowest BCUT2D eigenvalue weighted by Gasteiger charge is -2.38. The zero-order chi connectivity index (χ0) is 9.97. The first kappa shape index (κ1) is 10.4. The zero-order valence-electron chi connectivity index (χ0n) is 9.63. The van der Waals surface area contributed by atoms with Gasteiger partial charge in [-0.1, -0.05) is 6.92 Å². The summed E-state index contributed by atoms with van der Waals surface area (Å²) in [6, 6.07) is 1.59. The third kappa shape index (κ3) is 2.48. The zero-order valence-corrected chi connectivity index (χ0v) is 9.63. The highest BCUT2D eigenvalue weighted by atomic mass is 15.2. The van der Waals surface area contributed by atoms with Crippen molar-refractivity contribution in [3.8, 4) is 0 Å². The molecule has 0 aromatic rings. The monoisotopic (exact) mass is 196 g/mol. The van der Waals surface area contributed by atoms with Crippen molar-refractivity contribution in [1.82, 2.24) is 10.2 Å². The average Bonchev–Trinajstić information content (AvgIpc) is 2.64. The largest absolute Gasteiger partial charge is 0.313 e. The van der Waals surface area contributed by atoms with E-state index in [0.29, 0.717) is 0 Å². The van der Waals surface area contributed by atoms with Crippen LogP contribution in [-0.4, -0.2) is 36.6 Å². The summed E-state index contributed by atoms with van der Waals surface area (Å²) in [5.41, 5.74) is 0. The fourth-order valence-corrected chi connectivity index (χ4v) is 2.83. The highest BCUT2D eigenvalue weighted by Gasteiger charge is 2.26. The van der Waals surface area contributed by atoms with Crippen molar-refractivity contribution in [2.45, 2.75) is 51.6 Å². The molecule has 2 rings (SSSR count). The SMILES string of the molecule is CC1CCC(C)N(C[C@H]2CCCN2)C1. The molecule has 2 heterocycles. The summed E-state index contributed by atoms with van der Waals surface area (Å²) in [5, 5.41) is 3.60. The first-order valence-corrected chi connectivity index (χ1v) is 6.23. The molecule has 2 saturated heterocycles. The van der Waals surface area contributed by atoms with Crippen LogP contribution in [0, 0.1) is 5.92 Å². The second kappa shape index (κ2) is 4.63. The van der Waals surface area contributed by atoms with Crippen LogP contribution in [0.5, 0.6) is 0 Å². The van der Waals surface area contributed by atoms with E-state index in [0.717, 1.165) is 18.0 Å². The van der Waals surface area contributed by atoms with Crippen LogP contribution in [0.4, 0.5) is 0 Å². The van der Waals surface area contributed by atoms with Crippen LogP contribution in [0.3, 0.4) is 0 Å². The summed E-state index contributed by atoms with van der Waals surface area (Å²) in [4.78, 5) is 2.69. The quantitative estimate of drug-likeness (QED) is 0.725. The molecular weight excluding hydrogens is 172 g/mol. The van der Waals surface area contributed by atoms with Gasteiger partial charge in [0.2, 0.25) is 0 Å². The fraction of sp³-hybridized carbons (Fsp3) is 1.00. The Bertz CT molecular complexity index is 175. The van der Waals surface area contributed by atoms with Gasteiger partial charge in [0, 0.05) is 25.2 Å². The normalized spacial score (nSPS) is 40.3. The minimum atomic E-state index is 0.780. The first-order valence-electron chi connectivity index (χ1n) is 6.23. The van der Waals surface area contributed by atoms with Crippen molar-refractivity contribution in [3.05, 3.63) is 0 Å². The molecule has 1 N–H and O–H groups in total. The van der Waals surface area contributed by atoms with Gasteiger partial charge in [-0.2, -0.15) is 0 Å². The fourth-order valence-electron chi connectivity index (χ4n) is 2.83. The van der Waals surface area contributed by atoms with Gasteiger partial charge in [0.1, 0.15) is 0 Å². The van der Waals surface area contributed by atoms with E-state index >= 15 is 0 Å². The van der Waals surface area contributed by atoms with Crippen LogP contribution in [0.15, 0.2) is 0 Å². The summed E-state index contributed by atoms with van der Waals surface area (Å²) in [6.07, 6.45) is 5.59. The van der Waals surface area contributed by atoms with E-state index in [4.69, 9.17) is 0 Å². The molecule has 2 fully saturated rings. The Morgan fingerprint density at radius 2 is 2.07 bits per heavy atom. The number of hydrogen-bond acceptors (Lipinski definition) is 2. The van der Waals surface area contributed by atoms with E-state index < -0.39 is 0 Å². The van der Waals surface area contributed by atoms with Crippen molar-refractivity contribution >= 4 is 0 Å².